The van der Waals surface area contributed by atoms with E-state index >= 15 is 0 Å². The molecule has 2 aliphatic carbocycles. The third-order valence-electron chi connectivity index (χ3n) is 5.11. The van der Waals surface area contributed by atoms with Crippen LogP contribution in [0.5, 0.6) is 0 Å². The molecule has 0 radical (unpaired) electrons. The predicted molar refractivity (Wildman–Crippen MR) is 67.9 cm³/mol. The van der Waals surface area contributed by atoms with Crippen molar-refractivity contribution in [2.45, 2.75) is 39.0 Å². The average molecular weight is 258 g/mol. The fourth-order valence-electron chi connectivity index (χ4n) is 4.97. The lowest BCUT2D eigenvalue weighted by atomic mass is 9.47. The lowest BCUT2D eigenvalue weighted by Crippen LogP contribution is -2.54. The number of rotatable bonds is 4. The lowest BCUT2D eigenvalue weighted by molar-refractivity contribution is -0.145. The molecule has 4 nitrogen and oxygen atoms in total. The van der Waals surface area contributed by atoms with E-state index in [9.17, 15) is 20.4 Å². The van der Waals surface area contributed by atoms with Gasteiger partial charge in [0, 0.05) is 26.4 Å². The molecule has 2 fully saturated rings. The first-order valence-electron chi connectivity index (χ1n) is 6.88. The number of hydrogen-bond acceptors (Lipinski definition) is 4. The number of fused-ring (bicyclic) bond motifs is 2. The first-order valence-corrected chi connectivity index (χ1v) is 6.88. The lowest BCUT2D eigenvalue weighted by Gasteiger charge is -2.59. The third kappa shape index (κ3) is 2.31. The molecule has 0 heterocycles. The van der Waals surface area contributed by atoms with E-state index in [1.807, 2.05) is 6.92 Å². The molecule has 0 saturated heterocycles. The van der Waals surface area contributed by atoms with Crippen molar-refractivity contribution >= 4 is 0 Å². The van der Waals surface area contributed by atoms with Gasteiger partial charge in [0.2, 0.25) is 0 Å². The summed E-state index contributed by atoms with van der Waals surface area (Å²) in [6.45, 7) is 2.43. The Morgan fingerprint density at radius 2 is 1.33 bits per heavy atom. The third-order valence-corrected chi connectivity index (χ3v) is 5.11. The summed E-state index contributed by atoms with van der Waals surface area (Å²) >= 11 is 0. The van der Waals surface area contributed by atoms with Crippen molar-refractivity contribution in [3.8, 4) is 0 Å². The minimum Gasteiger partial charge on any atom is -0.396 e. The van der Waals surface area contributed by atoms with Crippen LogP contribution in [-0.2, 0) is 0 Å². The quantitative estimate of drug-likeness (QED) is 0.593. The van der Waals surface area contributed by atoms with Crippen LogP contribution in [0.1, 0.15) is 39.0 Å². The van der Waals surface area contributed by atoms with E-state index in [1.165, 1.54) is 0 Å². The predicted octanol–water partition coefficient (Wildman–Crippen LogP) is 0.529. The van der Waals surface area contributed by atoms with Crippen LogP contribution in [0.15, 0.2) is 0 Å². The van der Waals surface area contributed by atoms with Crippen molar-refractivity contribution in [1.29, 1.82) is 0 Å². The molecular formula is C14H26O4. The van der Waals surface area contributed by atoms with E-state index in [1.54, 1.807) is 0 Å². The molecule has 2 atom stereocenters. The van der Waals surface area contributed by atoms with Crippen molar-refractivity contribution in [2.75, 3.05) is 26.4 Å². The van der Waals surface area contributed by atoms with Gasteiger partial charge in [0.05, 0.1) is 0 Å². The molecular weight excluding hydrogens is 232 g/mol. The van der Waals surface area contributed by atoms with Gasteiger partial charge in [-0.15, -0.1) is 0 Å². The maximum Gasteiger partial charge on any atom is 0.0487 e. The molecule has 2 aliphatic rings. The van der Waals surface area contributed by atoms with E-state index < -0.39 is 0 Å². The highest BCUT2D eigenvalue weighted by Gasteiger charge is 2.56. The Balaban J connectivity index is 2.33. The zero-order valence-corrected chi connectivity index (χ0v) is 11.2. The summed E-state index contributed by atoms with van der Waals surface area (Å²) in [6, 6.07) is 0. The second kappa shape index (κ2) is 4.75. The zero-order chi connectivity index (χ0) is 13.4. The fraction of sp³-hybridized carbons (Fsp3) is 1.00. The maximum atomic E-state index is 9.80. The SMILES string of the molecule is CC1(CO)CC2(CO)CC(CO)CC(CO)(C1)C2. The number of aliphatic hydroxyl groups is 4. The van der Waals surface area contributed by atoms with Crippen LogP contribution in [0.3, 0.4) is 0 Å². The van der Waals surface area contributed by atoms with Gasteiger partial charge in [-0.1, -0.05) is 6.92 Å². The summed E-state index contributed by atoms with van der Waals surface area (Å²) in [4.78, 5) is 0. The molecule has 18 heavy (non-hydrogen) atoms. The summed E-state index contributed by atoms with van der Waals surface area (Å²) in [7, 11) is 0. The van der Waals surface area contributed by atoms with Crippen LogP contribution >= 0.6 is 0 Å². The first kappa shape index (κ1) is 14.3. The van der Waals surface area contributed by atoms with E-state index in [2.05, 4.69) is 0 Å². The molecule has 0 amide bonds. The Morgan fingerprint density at radius 1 is 0.833 bits per heavy atom. The summed E-state index contributed by atoms with van der Waals surface area (Å²) in [5.41, 5.74) is -0.682. The van der Waals surface area contributed by atoms with E-state index in [-0.39, 0.29) is 48.6 Å². The van der Waals surface area contributed by atoms with Crippen molar-refractivity contribution in [1.82, 2.24) is 0 Å². The second-order valence-corrected chi connectivity index (χ2v) is 7.27. The molecule has 0 aromatic heterocycles. The Morgan fingerprint density at radius 3 is 1.67 bits per heavy atom. The average Bonchev–Trinajstić information content (AvgIpc) is 2.37. The van der Waals surface area contributed by atoms with Gasteiger partial charge in [0.15, 0.2) is 0 Å². The molecule has 4 heteroatoms. The van der Waals surface area contributed by atoms with Crippen LogP contribution in [-0.4, -0.2) is 46.9 Å². The summed E-state index contributed by atoms with van der Waals surface area (Å²) in [5, 5.41) is 38.7. The van der Waals surface area contributed by atoms with Gasteiger partial charge in [0.1, 0.15) is 0 Å². The van der Waals surface area contributed by atoms with Crippen LogP contribution in [0.25, 0.3) is 0 Å². The molecule has 106 valence electrons. The van der Waals surface area contributed by atoms with E-state index in [4.69, 9.17) is 0 Å². The van der Waals surface area contributed by atoms with Crippen molar-refractivity contribution in [2.24, 2.45) is 22.2 Å². The van der Waals surface area contributed by atoms with Crippen LogP contribution in [0.2, 0.25) is 0 Å². The minimum absolute atomic E-state index is 0.0842. The fourth-order valence-corrected chi connectivity index (χ4v) is 4.97. The van der Waals surface area contributed by atoms with Crippen molar-refractivity contribution in [3.05, 3.63) is 0 Å². The van der Waals surface area contributed by atoms with Crippen LogP contribution in [0.4, 0.5) is 0 Å². The zero-order valence-electron chi connectivity index (χ0n) is 11.2. The molecule has 2 rings (SSSR count). The van der Waals surface area contributed by atoms with Gasteiger partial charge in [0.25, 0.3) is 0 Å². The topological polar surface area (TPSA) is 80.9 Å². The molecule has 0 aromatic carbocycles. The first-order chi connectivity index (χ1) is 8.44. The van der Waals surface area contributed by atoms with E-state index in [0.717, 1.165) is 32.1 Å². The van der Waals surface area contributed by atoms with Gasteiger partial charge in [-0.2, -0.15) is 0 Å². The number of aliphatic hydroxyl groups excluding tert-OH is 4. The van der Waals surface area contributed by atoms with Gasteiger partial charge >= 0.3 is 0 Å². The summed E-state index contributed by atoms with van der Waals surface area (Å²) in [6.07, 6.45) is 3.99. The Labute approximate surface area is 109 Å². The van der Waals surface area contributed by atoms with Gasteiger partial charge in [-0.05, 0) is 54.3 Å². The standard InChI is InChI=1S/C14H26O4/c1-12(8-16)5-13(9-17)2-11(4-15)3-14(6-12,7-13)10-18/h11,15-18H,2-10H2,1H3. The monoisotopic (exact) mass is 258 g/mol. The molecule has 0 aromatic rings. The van der Waals surface area contributed by atoms with Gasteiger partial charge in [-0.25, -0.2) is 0 Å². The molecule has 4 N–H and O–H groups in total. The highest BCUT2D eigenvalue weighted by atomic mass is 16.3. The van der Waals surface area contributed by atoms with Crippen molar-refractivity contribution in [3.63, 3.8) is 0 Å². The molecule has 2 bridgehead atoms. The Kier molecular flexibility index (Phi) is 3.76. The molecule has 0 spiro atoms. The Hall–Kier alpha value is -0.160. The van der Waals surface area contributed by atoms with Crippen molar-refractivity contribution < 1.29 is 20.4 Å². The highest BCUT2D eigenvalue weighted by Crippen LogP contribution is 2.62. The molecule has 2 saturated carbocycles. The summed E-state index contributed by atoms with van der Waals surface area (Å²) in [5.74, 6) is 0.168. The van der Waals surface area contributed by atoms with Gasteiger partial charge < -0.3 is 20.4 Å². The number of hydrogen-bond donors (Lipinski definition) is 4. The normalized spacial score (nSPS) is 48.2. The molecule has 0 aliphatic heterocycles. The second-order valence-electron chi connectivity index (χ2n) is 7.27. The minimum atomic E-state index is -0.232. The smallest absolute Gasteiger partial charge is 0.0487 e. The molecule has 2 unspecified atom stereocenters. The highest BCUT2D eigenvalue weighted by molar-refractivity contribution is 5.06. The largest absolute Gasteiger partial charge is 0.396 e. The van der Waals surface area contributed by atoms with Crippen LogP contribution in [0, 0.1) is 22.2 Å². The maximum absolute atomic E-state index is 9.80. The van der Waals surface area contributed by atoms with Gasteiger partial charge in [-0.3, -0.25) is 0 Å². The van der Waals surface area contributed by atoms with Crippen LogP contribution < -0.4 is 0 Å². The van der Waals surface area contributed by atoms with E-state index in [0.29, 0.717) is 0 Å². The Bertz CT molecular complexity index is 276. The summed E-state index contributed by atoms with van der Waals surface area (Å²) < 4.78 is 0.